The fourth-order valence-electron chi connectivity index (χ4n) is 9.68. The molecular formula is C78H116N6O5S. The molecule has 2 aliphatic heterocycles. The molecule has 0 saturated heterocycles. The highest BCUT2D eigenvalue weighted by atomic mass is 32.2. The maximum Gasteiger partial charge on any atom is 0.126 e. The lowest BCUT2D eigenvalue weighted by molar-refractivity contribution is 0.357. The lowest BCUT2D eigenvalue weighted by Gasteiger charge is -2.41. The van der Waals surface area contributed by atoms with Crippen LogP contribution in [0.15, 0.2) is 150 Å². The monoisotopic (exact) mass is 1250 g/mol. The van der Waals surface area contributed by atoms with Crippen molar-refractivity contribution in [2.75, 3.05) is 106 Å². The molecular weight excluding hydrogens is 1130 g/mol. The summed E-state index contributed by atoms with van der Waals surface area (Å²) in [6, 6.07) is 50.3. The van der Waals surface area contributed by atoms with E-state index in [1.54, 1.807) is 40.2 Å². The molecule has 0 spiro atoms. The van der Waals surface area contributed by atoms with Crippen LogP contribution in [0.5, 0.6) is 28.7 Å². The first-order valence-corrected chi connectivity index (χ1v) is 33.0. The number of ether oxygens (including phenoxy) is 5. The molecule has 9 rings (SSSR count). The summed E-state index contributed by atoms with van der Waals surface area (Å²) in [5.41, 5.74) is 11.1. The Kier molecular flexibility index (Phi) is 27.5. The van der Waals surface area contributed by atoms with Crippen molar-refractivity contribution in [2.24, 2.45) is 0 Å². The van der Waals surface area contributed by atoms with Gasteiger partial charge in [-0.3, -0.25) is 0 Å². The Morgan fingerprint density at radius 1 is 0.456 bits per heavy atom. The van der Waals surface area contributed by atoms with Gasteiger partial charge >= 0.3 is 0 Å². The predicted octanol–water partition coefficient (Wildman–Crippen LogP) is 19.7. The fraction of sp³-hybridized carbons (Fsp3) is 0.487. The molecule has 0 aromatic heterocycles. The van der Waals surface area contributed by atoms with Gasteiger partial charge in [0.15, 0.2) is 0 Å². The number of nitrogens with zero attached hydrogens (tertiary/aromatic N) is 5. The van der Waals surface area contributed by atoms with Crippen LogP contribution in [0, 0.1) is 0 Å². The van der Waals surface area contributed by atoms with Crippen molar-refractivity contribution in [3.63, 3.8) is 0 Å². The van der Waals surface area contributed by atoms with E-state index in [1.165, 1.54) is 62.7 Å². The van der Waals surface area contributed by atoms with E-state index in [-0.39, 0.29) is 33.2 Å². The minimum atomic E-state index is 0.106. The second-order valence-electron chi connectivity index (χ2n) is 29.1. The standard InChI is InChI=1S/C16H21NO.C14H21NO.C13H19NO.C12H19NO.C12H19NS.C11H17NO/c1-16(2,3)17(4)13-9-10-14-12(11-13)7-6-8-15(14)18-5;1-14(2,3)15-9-5-6-11-10-12(16-4)7-8-13(11)15;1-13(2,3)14(4)11-5-6-12-10(9-11)7-8-15-12;2*1-12(2,3)13(4)10-6-8-11(14-5)9-7-10;1-11(2,3)12-9-5-7-10(13-4)8-6-9/h6-11H,1-5H3;7-8,10H,5-6,9H2,1-4H3;5-6,9H,7-8H2,1-4H3;2*6-9H,1-5H3;5-8,12H,1-4H3. The zero-order chi connectivity index (χ0) is 67.6. The van der Waals surface area contributed by atoms with Crippen molar-refractivity contribution in [1.29, 1.82) is 0 Å². The molecule has 0 radical (unpaired) electrons. The Bertz CT molecular complexity index is 3190. The van der Waals surface area contributed by atoms with Gasteiger partial charge in [-0.05, 0) is 294 Å². The van der Waals surface area contributed by atoms with Crippen molar-refractivity contribution in [2.45, 2.75) is 182 Å². The second-order valence-corrected chi connectivity index (χ2v) is 30.0. The average Bonchev–Trinajstić information content (AvgIpc) is 0.962. The Labute approximate surface area is 550 Å². The second kappa shape index (κ2) is 32.8. The van der Waals surface area contributed by atoms with E-state index in [9.17, 15) is 0 Å². The van der Waals surface area contributed by atoms with Crippen LogP contribution in [0.25, 0.3) is 10.8 Å². The Balaban J connectivity index is 0.000000231. The molecule has 7 aromatic carbocycles. The quantitative estimate of drug-likeness (QED) is 0.133. The van der Waals surface area contributed by atoms with Crippen molar-refractivity contribution >= 4 is 56.7 Å². The third-order valence-electron chi connectivity index (χ3n) is 16.3. The average molecular weight is 1250 g/mol. The normalized spacial score (nSPS) is 12.7. The summed E-state index contributed by atoms with van der Waals surface area (Å²) in [5, 5.41) is 5.75. The van der Waals surface area contributed by atoms with Gasteiger partial charge in [-0.15, -0.1) is 11.8 Å². The molecule has 90 heavy (non-hydrogen) atoms. The summed E-state index contributed by atoms with van der Waals surface area (Å²) in [6.45, 7) is 41.7. The SMILES string of the molecule is CN(c1ccc2c(c1)CCO2)C(C)(C)C.COc1ccc(N(C)C(C)(C)C)cc1.COc1ccc(NC(C)(C)C)cc1.COc1ccc2c(c1)CCCN2C(C)(C)C.COc1cccc2cc(N(C)C(C)(C)C)ccc12.CSc1ccc(N(C)C(C)(C)C)cc1. The maximum absolute atomic E-state index is 5.50. The Morgan fingerprint density at radius 2 is 0.911 bits per heavy atom. The zero-order valence-electron chi connectivity index (χ0n) is 60.6. The van der Waals surface area contributed by atoms with Crippen LogP contribution < -0.4 is 53.5 Å². The molecule has 494 valence electrons. The first kappa shape index (κ1) is 75.4. The number of fused-ring (bicyclic) bond motifs is 3. The highest BCUT2D eigenvalue weighted by Crippen LogP contribution is 2.36. The van der Waals surface area contributed by atoms with Crippen molar-refractivity contribution in [3.05, 3.63) is 157 Å². The number of aryl methyl sites for hydroxylation is 1. The molecule has 12 heteroatoms. The van der Waals surface area contributed by atoms with Gasteiger partial charge in [-0.25, -0.2) is 0 Å². The largest absolute Gasteiger partial charge is 0.497 e. The van der Waals surface area contributed by atoms with E-state index < -0.39 is 0 Å². The van der Waals surface area contributed by atoms with Gasteiger partial charge in [0, 0.05) is 119 Å². The van der Waals surface area contributed by atoms with Gasteiger partial charge in [0.1, 0.15) is 28.7 Å². The van der Waals surface area contributed by atoms with E-state index in [2.05, 4.69) is 286 Å². The van der Waals surface area contributed by atoms with Crippen molar-refractivity contribution < 1.29 is 23.7 Å². The van der Waals surface area contributed by atoms with Crippen LogP contribution in [0.3, 0.4) is 0 Å². The van der Waals surface area contributed by atoms with Crippen LogP contribution in [-0.2, 0) is 12.8 Å². The molecule has 0 unspecified atom stereocenters. The molecule has 0 saturated carbocycles. The van der Waals surface area contributed by atoms with Gasteiger partial charge < -0.3 is 53.5 Å². The number of hydrogen-bond donors (Lipinski definition) is 1. The van der Waals surface area contributed by atoms with E-state index in [0.29, 0.717) is 0 Å². The van der Waals surface area contributed by atoms with Crippen LogP contribution in [0.2, 0.25) is 0 Å². The molecule has 11 nitrogen and oxygen atoms in total. The molecule has 7 aromatic rings. The first-order chi connectivity index (χ1) is 41.8. The minimum absolute atomic E-state index is 0.106. The minimum Gasteiger partial charge on any atom is -0.497 e. The predicted molar refractivity (Wildman–Crippen MR) is 395 cm³/mol. The molecule has 0 amide bonds. The number of nitrogens with one attached hydrogen (secondary N) is 1. The number of methoxy groups -OCH3 is 4. The highest BCUT2D eigenvalue weighted by Gasteiger charge is 2.27. The Morgan fingerprint density at radius 3 is 1.38 bits per heavy atom. The smallest absolute Gasteiger partial charge is 0.126 e. The van der Waals surface area contributed by atoms with Gasteiger partial charge in [0.05, 0.1) is 35.0 Å². The third kappa shape index (κ3) is 23.3. The number of anilines is 6. The van der Waals surface area contributed by atoms with E-state index >= 15 is 0 Å². The molecule has 0 bridgehead atoms. The summed E-state index contributed by atoms with van der Waals surface area (Å²) in [4.78, 5) is 12.9. The molecule has 0 atom stereocenters. The summed E-state index contributed by atoms with van der Waals surface area (Å²) in [7, 11) is 15.3. The molecule has 2 aliphatic rings. The summed E-state index contributed by atoms with van der Waals surface area (Å²) in [5.74, 6) is 4.74. The zero-order valence-corrected chi connectivity index (χ0v) is 61.4. The molecule has 0 aliphatic carbocycles. The highest BCUT2D eigenvalue weighted by molar-refractivity contribution is 7.98. The lowest BCUT2D eigenvalue weighted by Crippen LogP contribution is -2.44. The number of thioether (sulfide) groups is 1. The van der Waals surface area contributed by atoms with Gasteiger partial charge in [0.2, 0.25) is 0 Å². The van der Waals surface area contributed by atoms with E-state index in [4.69, 9.17) is 23.7 Å². The number of benzene rings is 7. The third-order valence-corrected chi connectivity index (χ3v) is 17.0. The summed E-state index contributed by atoms with van der Waals surface area (Å²) in [6.07, 6.45) is 5.54. The van der Waals surface area contributed by atoms with Crippen LogP contribution in [-0.4, -0.2) is 109 Å². The maximum atomic E-state index is 5.50. The van der Waals surface area contributed by atoms with Crippen LogP contribution in [0.1, 0.15) is 142 Å². The number of rotatable bonds is 10. The van der Waals surface area contributed by atoms with Crippen molar-refractivity contribution in [1.82, 2.24) is 0 Å². The molecule has 2 heterocycles. The first-order valence-electron chi connectivity index (χ1n) is 31.8. The molecule has 1 N–H and O–H groups in total. The van der Waals surface area contributed by atoms with E-state index in [0.717, 1.165) is 59.4 Å². The van der Waals surface area contributed by atoms with Crippen LogP contribution in [0.4, 0.5) is 34.1 Å². The summed E-state index contributed by atoms with van der Waals surface area (Å²) < 4.78 is 26.4. The fourth-order valence-corrected chi connectivity index (χ4v) is 10.1. The molecule has 0 fully saturated rings. The Hall–Kier alpha value is -7.05. The van der Waals surface area contributed by atoms with Gasteiger partial charge in [-0.1, -0.05) is 12.1 Å². The number of hydrogen-bond acceptors (Lipinski definition) is 12. The van der Waals surface area contributed by atoms with Gasteiger partial charge in [-0.2, -0.15) is 0 Å². The van der Waals surface area contributed by atoms with Gasteiger partial charge in [0.25, 0.3) is 0 Å². The van der Waals surface area contributed by atoms with E-state index in [1.807, 2.05) is 48.5 Å². The van der Waals surface area contributed by atoms with Crippen LogP contribution >= 0.6 is 11.8 Å². The lowest BCUT2D eigenvalue weighted by atomic mass is 9.95. The summed E-state index contributed by atoms with van der Waals surface area (Å²) >= 11 is 1.78. The van der Waals surface area contributed by atoms with Crippen molar-refractivity contribution in [3.8, 4) is 28.7 Å². The topological polar surface area (TPSA) is 74.4 Å².